The van der Waals surface area contributed by atoms with Crippen LogP contribution in [-0.4, -0.2) is 18.2 Å². The van der Waals surface area contributed by atoms with Crippen LogP contribution in [0.5, 0.6) is 5.75 Å². The van der Waals surface area contributed by atoms with Crippen molar-refractivity contribution in [3.8, 4) is 5.75 Å². The van der Waals surface area contributed by atoms with E-state index in [1.54, 1.807) is 6.92 Å². The van der Waals surface area contributed by atoms with Crippen molar-refractivity contribution in [3.63, 3.8) is 0 Å². The van der Waals surface area contributed by atoms with Crippen molar-refractivity contribution >= 4 is 11.6 Å². The van der Waals surface area contributed by atoms with Gasteiger partial charge in [0.1, 0.15) is 11.5 Å². The zero-order chi connectivity index (χ0) is 13.7. The highest BCUT2D eigenvalue weighted by molar-refractivity contribution is 6.08. The summed E-state index contributed by atoms with van der Waals surface area (Å²) in [5.41, 5.74) is 2.41. The van der Waals surface area contributed by atoms with Gasteiger partial charge in [0, 0.05) is 12.0 Å². The average molecular weight is 248 g/mol. The molecule has 0 aromatic heterocycles. The molecule has 0 N–H and O–H groups in total. The van der Waals surface area contributed by atoms with Gasteiger partial charge in [0.25, 0.3) is 0 Å². The fourth-order valence-electron chi connectivity index (χ4n) is 1.80. The van der Waals surface area contributed by atoms with E-state index in [0.717, 1.165) is 16.9 Å². The zero-order valence-corrected chi connectivity index (χ0v) is 11.5. The Bertz CT molecular complexity index is 461. The Morgan fingerprint density at radius 3 is 2.33 bits per heavy atom. The number of carbonyl (C=O) groups is 2. The van der Waals surface area contributed by atoms with Crippen molar-refractivity contribution in [2.75, 3.05) is 6.61 Å². The lowest BCUT2D eigenvalue weighted by molar-refractivity contribution is -0.117. The number of carbonyl (C=O) groups excluding carboxylic acids is 2. The molecule has 0 atom stereocenters. The van der Waals surface area contributed by atoms with Crippen LogP contribution >= 0.6 is 0 Å². The number of benzene rings is 1. The van der Waals surface area contributed by atoms with E-state index < -0.39 is 0 Å². The van der Waals surface area contributed by atoms with Crippen molar-refractivity contribution in [2.45, 2.75) is 40.5 Å². The second-order valence-electron chi connectivity index (χ2n) is 4.36. The molecule has 0 unspecified atom stereocenters. The maximum Gasteiger partial charge on any atom is 0.170 e. The Labute approximate surface area is 108 Å². The van der Waals surface area contributed by atoms with Crippen molar-refractivity contribution in [2.24, 2.45) is 0 Å². The van der Waals surface area contributed by atoms with Gasteiger partial charge < -0.3 is 4.74 Å². The molecule has 0 aliphatic heterocycles. The highest BCUT2D eigenvalue weighted by Gasteiger charge is 2.14. The van der Waals surface area contributed by atoms with E-state index in [1.165, 1.54) is 0 Å². The maximum absolute atomic E-state index is 12.0. The minimum Gasteiger partial charge on any atom is -0.494 e. The Kier molecular flexibility index (Phi) is 5.08. The number of aryl methyl sites for hydroxylation is 2. The first-order valence-corrected chi connectivity index (χ1v) is 6.28. The molecular weight excluding hydrogens is 228 g/mol. The minimum absolute atomic E-state index is 0.00917. The second kappa shape index (κ2) is 6.34. The van der Waals surface area contributed by atoms with Crippen molar-refractivity contribution in [3.05, 3.63) is 28.8 Å². The molecule has 0 amide bonds. The van der Waals surface area contributed by atoms with Crippen molar-refractivity contribution < 1.29 is 14.3 Å². The van der Waals surface area contributed by atoms with Crippen molar-refractivity contribution in [1.82, 2.24) is 0 Å². The third-order valence-electron chi connectivity index (χ3n) is 2.87. The van der Waals surface area contributed by atoms with Crippen LogP contribution in [0, 0.1) is 13.8 Å². The predicted octanol–water partition coefficient (Wildman–Crippen LogP) is 3.25. The van der Waals surface area contributed by atoms with E-state index in [2.05, 4.69) is 0 Å². The smallest absolute Gasteiger partial charge is 0.170 e. The number of hydrogen-bond donors (Lipinski definition) is 0. The number of hydrogen-bond acceptors (Lipinski definition) is 3. The third kappa shape index (κ3) is 3.42. The highest BCUT2D eigenvalue weighted by Crippen LogP contribution is 2.24. The standard InChI is InChI=1S/C15H20O3/c1-5-12(16)9-14(17)13-7-11(4)15(18-6-2)8-10(13)3/h7-8H,5-6,9H2,1-4H3. The number of Topliss-reactive ketones (excluding diaryl/α,β-unsaturated/α-hetero) is 2. The van der Waals surface area contributed by atoms with Crippen LogP contribution in [-0.2, 0) is 4.79 Å². The first-order valence-electron chi connectivity index (χ1n) is 6.28. The summed E-state index contributed by atoms with van der Waals surface area (Å²) in [6.07, 6.45) is 0.394. The molecule has 98 valence electrons. The largest absolute Gasteiger partial charge is 0.494 e. The van der Waals surface area contributed by atoms with E-state index in [0.29, 0.717) is 18.6 Å². The lowest BCUT2D eigenvalue weighted by Crippen LogP contribution is -2.09. The summed E-state index contributed by atoms with van der Waals surface area (Å²) in [4.78, 5) is 23.3. The summed E-state index contributed by atoms with van der Waals surface area (Å²) >= 11 is 0. The molecular formula is C15H20O3. The van der Waals surface area contributed by atoms with Gasteiger partial charge in [-0.05, 0) is 44.0 Å². The van der Waals surface area contributed by atoms with Crippen LogP contribution in [0.25, 0.3) is 0 Å². The molecule has 0 bridgehead atoms. The summed E-state index contributed by atoms with van der Waals surface area (Å²) in [6, 6.07) is 3.67. The number of ketones is 2. The van der Waals surface area contributed by atoms with Gasteiger partial charge in [-0.25, -0.2) is 0 Å². The fourth-order valence-corrected chi connectivity index (χ4v) is 1.80. The Hall–Kier alpha value is -1.64. The van der Waals surface area contributed by atoms with Crippen LogP contribution in [0.3, 0.4) is 0 Å². The second-order valence-corrected chi connectivity index (χ2v) is 4.36. The Balaban J connectivity index is 3.00. The van der Waals surface area contributed by atoms with Gasteiger partial charge in [0.2, 0.25) is 0 Å². The first kappa shape index (κ1) is 14.4. The molecule has 0 aliphatic rings. The summed E-state index contributed by atoms with van der Waals surface area (Å²) in [5.74, 6) is 0.671. The zero-order valence-electron chi connectivity index (χ0n) is 11.5. The van der Waals surface area contributed by atoms with Gasteiger partial charge in [0.05, 0.1) is 13.0 Å². The van der Waals surface area contributed by atoms with E-state index in [-0.39, 0.29) is 18.0 Å². The summed E-state index contributed by atoms with van der Waals surface area (Å²) in [7, 11) is 0. The number of rotatable bonds is 6. The monoisotopic (exact) mass is 248 g/mol. The molecule has 0 heterocycles. The molecule has 3 nitrogen and oxygen atoms in total. The van der Waals surface area contributed by atoms with E-state index in [1.807, 2.05) is 32.9 Å². The highest BCUT2D eigenvalue weighted by atomic mass is 16.5. The lowest BCUT2D eigenvalue weighted by atomic mass is 9.98. The van der Waals surface area contributed by atoms with Crippen LogP contribution in [0.4, 0.5) is 0 Å². The molecule has 0 radical (unpaired) electrons. The fraction of sp³-hybridized carbons (Fsp3) is 0.467. The van der Waals surface area contributed by atoms with Crippen LogP contribution in [0.15, 0.2) is 12.1 Å². The number of ether oxygens (including phenoxy) is 1. The molecule has 0 aliphatic carbocycles. The first-order chi connectivity index (χ1) is 8.49. The molecule has 0 fully saturated rings. The predicted molar refractivity (Wildman–Crippen MR) is 71.3 cm³/mol. The SMILES string of the molecule is CCOc1cc(C)c(C(=O)CC(=O)CC)cc1C. The molecule has 1 aromatic rings. The van der Waals surface area contributed by atoms with Gasteiger partial charge in [-0.1, -0.05) is 6.92 Å². The summed E-state index contributed by atoms with van der Waals surface area (Å²) in [5, 5.41) is 0. The lowest BCUT2D eigenvalue weighted by Gasteiger charge is -2.11. The van der Waals surface area contributed by atoms with Gasteiger partial charge in [-0.2, -0.15) is 0 Å². The van der Waals surface area contributed by atoms with Crippen molar-refractivity contribution in [1.29, 1.82) is 0 Å². The summed E-state index contributed by atoms with van der Waals surface area (Å²) in [6.45, 7) is 8.07. The van der Waals surface area contributed by atoms with Gasteiger partial charge in [-0.15, -0.1) is 0 Å². The third-order valence-corrected chi connectivity index (χ3v) is 2.87. The molecule has 3 heteroatoms. The van der Waals surface area contributed by atoms with Crippen LogP contribution in [0.1, 0.15) is 48.2 Å². The molecule has 0 saturated carbocycles. The van der Waals surface area contributed by atoms with Gasteiger partial charge >= 0.3 is 0 Å². The molecule has 18 heavy (non-hydrogen) atoms. The average Bonchev–Trinajstić information content (AvgIpc) is 2.33. The molecule has 0 saturated heterocycles. The van der Waals surface area contributed by atoms with Crippen LogP contribution < -0.4 is 4.74 Å². The topological polar surface area (TPSA) is 43.4 Å². The van der Waals surface area contributed by atoms with E-state index >= 15 is 0 Å². The quantitative estimate of drug-likeness (QED) is 0.573. The molecule has 1 aromatic carbocycles. The van der Waals surface area contributed by atoms with Crippen LogP contribution in [0.2, 0.25) is 0 Å². The summed E-state index contributed by atoms with van der Waals surface area (Å²) < 4.78 is 5.48. The van der Waals surface area contributed by atoms with E-state index in [9.17, 15) is 9.59 Å². The normalized spacial score (nSPS) is 10.2. The maximum atomic E-state index is 12.0. The minimum atomic E-state index is -0.106. The Morgan fingerprint density at radius 1 is 1.11 bits per heavy atom. The van der Waals surface area contributed by atoms with Gasteiger partial charge in [0.15, 0.2) is 5.78 Å². The molecule has 0 spiro atoms. The van der Waals surface area contributed by atoms with E-state index in [4.69, 9.17) is 4.74 Å². The van der Waals surface area contributed by atoms with Gasteiger partial charge in [-0.3, -0.25) is 9.59 Å². The molecule has 1 rings (SSSR count). The Morgan fingerprint density at radius 2 is 1.78 bits per heavy atom.